The second-order valence-electron chi connectivity index (χ2n) is 11.3. The smallest absolute Gasteiger partial charge is 0.274 e. The average molecular weight is 777 g/mol. The zero-order valence-corrected chi connectivity index (χ0v) is 29.4. The number of imidazole rings is 1. The summed E-state index contributed by atoms with van der Waals surface area (Å²) in [6.07, 6.45) is -5.94. The molecule has 49 heavy (non-hydrogen) atoms. The van der Waals surface area contributed by atoms with Crippen LogP contribution in [0.5, 0.6) is 0 Å². The van der Waals surface area contributed by atoms with E-state index in [2.05, 4.69) is 43.5 Å². The lowest BCUT2D eigenvalue weighted by molar-refractivity contribution is -0.347. The van der Waals surface area contributed by atoms with Crippen molar-refractivity contribution in [1.82, 2.24) is 30.2 Å². The third-order valence-electron chi connectivity index (χ3n) is 6.96. The minimum absolute atomic E-state index is 0.0269. The highest BCUT2D eigenvalue weighted by molar-refractivity contribution is 7.59. The van der Waals surface area contributed by atoms with Crippen LogP contribution in [0.15, 0.2) is 12.7 Å². The lowest BCUT2D eigenvalue weighted by Crippen LogP contribution is -2.46. The number of aliphatic hydroxyl groups excluding tert-OH is 2. The molecule has 3 heterocycles. The molecule has 0 radical (unpaired) electrons. The molecule has 2 aromatic heterocycles. The third kappa shape index (κ3) is 10.9. The van der Waals surface area contributed by atoms with E-state index in [1.54, 1.807) is 0 Å². The van der Waals surface area contributed by atoms with E-state index >= 15 is 0 Å². The van der Waals surface area contributed by atoms with Crippen LogP contribution in [0.2, 0.25) is 0 Å². The number of nitrogens with two attached hydrogens (primary N) is 1. The summed E-state index contributed by atoms with van der Waals surface area (Å²) in [7, 11) is -17.6. The molecule has 7 unspecified atom stereocenters. The molecule has 27 heteroatoms. The van der Waals surface area contributed by atoms with Crippen molar-refractivity contribution in [3.05, 3.63) is 12.7 Å². The molecule has 2 aromatic rings. The summed E-state index contributed by atoms with van der Waals surface area (Å²) < 4.78 is 60.7. The Morgan fingerprint density at radius 3 is 2.43 bits per heavy atom. The van der Waals surface area contributed by atoms with E-state index < -0.39 is 84.1 Å². The first-order valence-corrected chi connectivity index (χ1v) is 18.9. The molecule has 1 fully saturated rings. The van der Waals surface area contributed by atoms with Crippen LogP contribution < -0.4 is 35.9 Å². The van der Waals surface area contributed by atoms with Crippen molar-refractivity contribution >= 4 is 64.9 Å². The fourth-order valence-electron chi connectivity index (χ4n) is 4.42. The largest absolute Gasteiger partial charge is 0.791 e. The molecule has 3 rings (SSSR count). The molecule has 278 valence electrons. The number of nitrogens with one attached hydrogen (secondary N) is 2. The van der Waals surface area contributed by atoms with E-state index in [1.807, 2.05) is 0 Å². The van der Waals surface area contributed by atoms with Crippen molar-refractivity contribution in [1.29, 1.82) is 0 Å². The number of carbonyl (C=O) groups excluding carboxylic acids is 2. The van der Waals surface area contributed by atoms with Crippen molar-refractivity contribution < 1.29 is 75.7 Å². The summed E-state index contributed by atoms with van der Waals surface area (Å²) in [5, 5.41) is 26.2. The SMILES string of the molecule is CC(C)(COP(=O)([O-])OP(=O)([O-])OCC1OC(C)(n2cnc3c(N)ncnc32)C(O)C1OP(=O)([O-])[O-])C(O)C(=O)NCCC(=O)NCC[S-]. The van der Waals surface area contributed by atoms with Gasteiger partial charge < -0.3 is 81.7 Å². The van der Waals surface area contributed by atoms with Crippen molar-refractivity contribution in [3.63, 3.8) is 0 Å². The lowest BCUT2D eigenvalue weighted by Gasteiger charge is -2.36. The number of carbonyl (C=O) groups is 2. The summed E-state index contributed by atoms with van der Waals surface area (Å²) in [5.74, 6) is -1.20. The summed E-state index contributed by atoms with van der Waals surface area (Å²) in [5.41, 5.74) is 2.07. The van der Waals surface area contributed by atoms with E-state index in [4.69, 9.17) is 23.1 Å². The van der Waals surface area contributed by atoms with Gasteiger partial charge in [0.15, 0.2) is 17.2 Å². The van der Waals surface area contributed by atoms with Crippen molar-refractivity contribution in [2.45, 2.75) is 57.3 Å². The highest BCUT2D eigenvalue weighted by Crippen LogP contribution is 2.56. The fraction of sp³-hybridized carbons (Fsp3) is 0.682. The van der Waals surface area contributed by atoms with E-state index in [0.717, 1.165) is 17.2 Å². The number of nitrogens with zero attached hydrogens (tertiary/aromatic N) is 4. The maximum atomic E-state index is 12.5. The van der Waals surface area contributed by atoms with Gasteiger partial charge in [-0.1, -0.05) is 13.8 Å². The van der Waals surface area contributed by atoms with E-state index in [9.17, 15) is 53.1 Å². The number of hydrogen-bond acceptors (Lipinski definition) is 21. The van der Waals surface area contributed by atoms with Crippen molar-refractivity contribution in [2.24, 2.45) is 5.41 Å². The Morgan fingerprint density at radius 1 is 1.14 bits per heavy atom. The second kappa shape index (κ2) is 16.1. The Labute approximate surface area is 283 Å². The van der Waals surface area contributed by atoms with Crippen LogP contribution in [0.4, 0.5) is 5.82 Å². The highest BCUT2D eigenvalue weighted by Gasteiger charge is 2.55. The number of hydrogen-bond donors (Lipinski definition) is 5. The van der Waals surface area contributed by atoms with Gasteiger partial charge in [0.25, 0.3) is 15.6 Å². The lowest BCUT2D eigenvalue weighted by atomic mass is 9.87. The van der Waals surface area contributed by atoms with Gasteiger partial charge >= 0.3 is 0 Å². The Hall–Kier alpha value is -2.11. The maximum absolute atomic E-state index is 12.5. The quantitative estimate of drug-likeness (QED) is 0.0704. The molecular weight excluding hydrogens is 743 g/mol. The zero-order chi connectivity index (χ0) is 37.0. The Morgan fingerprint density at radius 2 is 1.80 bits per heavy atom. The molecule has 1 saturated heterocycles. The first-order chi connectivity index (χ1) is 22.5. The number of nitrogen functional groups attached to an aromatic ring is 1. The molecule has 0 bridgehead atoms. The van der Waals surface area contributed by atoms with E-state index in [0.29, 0.717) is 0 Å². The minimum atomic E-state index is -5.90. The van der Waals surface area contributed by atoms with Crippen LogP contribution in [-0.2, 0) is 64.3 Å². The number of fused-ring (bicyclic) bond motifs is 1. The van der Waals surface area contributed by atoms with Crippen LogP contribution in [0.1, 0.15) is 27.2 Å². The zero-order valence-electron chi connectivity index (χ0n) is 25.9. The van der Waals surface area contributed by atoms with E-state index in [-0.39, 0.29) is 42.2 Å². The number of phosphoric acid groups is 3. The molecule has 0 saturated carbocycles. The first kappa shape index (κ1) is 41.3. The van der Waals surface area contributed by atoms with E-state index in [1.165, 1.54) is 20.8 Å². The topological polar surface area (TPSA) is 358 Å². The second-order valence-corrected chi connectivity index (χ2v) is 15.7. The fourth-order valence-corrected chi connectivity index (χ4v) is 7.25. The molecule has 7 atom stereocenters. The molecule has 23 nitrogen and oxygen atoms in total. The number of aliphatic hydroxyl groups is 2. The Kier molecular flexibility index (Phi) is 13.5. The van der Waals surface area contributed by atoms with Crippen LogP contribution >= 0.6 is 23.5 Å². The van der Waals surface area contributed by atoms with Gasteiger partial charge in [-0.15, -0.1) is 0 Å². The predicted molar refractivity (Wildman–Crippen MR) is 158 cm³/mol. The van der Waals surface area contributed by atoms with Gasteiger partial charge in [0, 0.05) is 18.4 Å². The summed E-state index contributed by atoms with van der Waals surface area (Å²) in [6.45, 7) is 1.41. The van der Waals surface area contributed by atoms with Gasteiger partial charge in [-0.05, 0) is 13.5 Å². The number of phosphoric ester groups is 3. The van der Waals surface area contributed by atoms with Gasteiger partial charge in [-0.25, -0.2) is 19.3 Å². The van der Waals surface area contributed by atoms with Crippen LogP contribution in [-0.4, -0.2) is 98.0 Å². The number of amides is 2. The summed E-state index contributed by atoms with van der Waals surface area (Å²) in [6, 6.07) is 0. The molecule has 0 aliphatic carbocycles. The molecule has 2 amide bonds. The first-order valence-electron chi connectivity index (χ1n) is 14.0. The highest BCUT2D eigenvalue weighted by atomic mass is 32.1. The Balaban J connectivity index is 1.64. The molecule has 1 aliphatic rings. The van der Waals surface area contributed by atoms with Crippen LogP contribution in [0.3, 0.4) is 0 Å². The van der Waals surface area contributed by atoms with Gasteiger partial charge in [-0.3, -0.25) is 23.3 Å². The number of anilines is 1. The molecule has 0 spiro atoms. The third-order valence-corrected chi connectivity index (χ3v) is 10.2. The predicted octanol–water partition coefficient (Wildman–Crippen LogP) is -4.40. The number of aromatic nitrogens is 4. The van der Waals surface area contributed by atoms with Gasteiger partial charge in [0.1, 0.15) is 36.3 Å². The number of rotatable bonds is 18. The summed E-state index contributed by atoms with van der Waals surface area (Å²) in [4.78, 5) is 83.5. The monoisotopic (exact) mass is 776 g/mol. The average Bonchev–Trinajstić information content (AvgIpc) is 3.53. The minimum Gasteiger partial charge on any atom is -0.791 e. The molecule has 0 aromatic carbocycles. The van der Waals surface area contributed by atoms with Gasteiger partial charge in [0.05, 0.1) is 27.4 Å². The van der Waals surface area contributed by atoms with Crippen molar-refractivity contribution in [3.8, 4) is 0 Å². The van der Waals surface area contributed by atoms with Gasteiger partial charge in [-0.2, -0.15) is 5.75 Å². The van der Waals surface area contributed by atoms with Crippen LogP contribution in [0, 0.1) is 5.41 Å². The molecule has 6 N–H and O–H groups in total. The Bertz CT molecular complexity index is 1640. The van der Waals surface area contributed by atoms with Crippen LogP contribution in [0.25, 0.3) is 11.2 Å². The maximum Gasteiger partial charge on any atom is 0.274 e. The molecule has 1 aliphatic heterocycles. The standard InChI is InChI=1S/C22H38N7O16P3S/c1-21(2,17(32)20(33)25-5-4-13(30)24-6-7-49)9-42-48(39,40)45-47(37,38)41-8-12-15(44-46(34,35)36)16(31)22(3,43-12)29-11-28-14-18(23)26-10-27-19(14)29/h10-12,15-17,31-32,49H,4-9H2,1-3H3,(H,24,30)(H,25,33)(H,37,38)(H,39,40)(H2,23,26,27)(H2,34,35,36)/p-5. The van der Waals surface area contributed by atoms with Crippen molar-refractivity contribution in [2.75, 3.05) is 37.8 Å². The summed E-state index contributed by atoms with van der Waals surface area (Å²) >= 11 is 4.70. The number of ether oxygens (including phenoxy) is 1. The molecular formula is C22H33N7O16P3S-5. The van der Waals surface area contributed by atoms with Gasteiger partial charge in [0.2, 0.25) is 11.8 Å². The normalized spacial score (nSPS) is 24.7.